The molecule has 5 heteroatoms. The van der Waals surface area contributed by atoms with Gasteiger partial charge in [0.2, 0.25) is 10.0 Å². The van der Waals surface area contributed by atoms with Gasteiger partial charge in [-0.3, -0.25) is 4.72 Å². The average Bonchev–Trinajstić information content (AvgIpc) is 2.22. The number of benzene rings is 1. The van der Waals surface area contributed by atoms with Crippen molar-refractivity contribution in [1.82, 2.24) is 0 Å². The van der Waals surface area contributed by atoms with Gasteiger partial charge in [0, 0.05) is 6.07 Å². The molecule has 0 saturated heterocycles. The Balaban J connectivity index is 2.93. The highest BCUT2D eigenvalue weighted by atomic mass is 32.2. The summed E-state index contributed by atoms with van der Waals surface area (Å²) in [5.74, 6) is 0.0874. The fraction of sp³-hybridized carbons (Fsp3) is 0.455. The Hall–Kier alpha value is -1.23. The Morgan fingerprint density at radius 2 is 2.06 bits per heavy atom. The fourth-order valence-electron chi connectivity index (χ4n) is 1.16. The average molecular weight is 243 g/mol. The van der Waals surface area contributed by atoms with Crippen LogP contribution >= 0.6 is 0 Å². The molecule has 0 fully saturated rings. The summed E-state index contributed by atoms with van der Waals surface area (Å²) in [4.78, 5) is 0. The molecule has 0 heterocycles. The molecule has 90 valence electrons. The number of sulfonamides is 1. The number of phenols is 1. The van der Waals surface area contributed by atoms with Crippen molar-refractivity contribution < 1.29 is 13.5 Å². The molecule has 0 saturated carbocycles. The van der Waals surface area contributed by atoms with Crippen molar-refractivity contribution in [3.63, 3.8) is 0 Å². The lowest BCUT2D eigenvalue weighted by Gasteiger charge is -2.13. The number of rotatable bonds is 4. The second-order valence-electron chi connectivity index (χ2n) is 3.87. The van der Waals surface area contributed by atoms with E-state index in [4.69, 9.17) is 0 Å². The summed E-state index contributed by atoms with van der Waals surface area (Å²) in [6, 6.07) is 4.72. The first kappa shape index (κ1) is 12.8. The molecule has 0 amide bonds. The van der Waals surface area contributed by atoms with Crippen LogP contribution in [0.15, 0.2) is 18.2 Å². The van der Waals surface area contributed by atoms with E-state index in [0.29, 0.717) is 17.7 Å². The molecule has 0 unspecified atom stereocenters. The molecular weight excluding hydrogens is 226 g/mol. The van der Waals surface area contributed by atoms with E-state index in [1.54, 1.807) is 26.0 Å². The lowest BCUT2D eigenvalue weighted by molar-refractivity contribution is 0.471. The van der Waals surface area contributed by atoms with Gasteiger partial charge in [-0.05, 0) is 31.9 Å². The SMILES string of the molecule is CC[C@@H](C)S(=O)(=O)Nc1ccc(C)c(O)c1. The Morgan fingerprint density at radius 3 is 2.56 bits per heavy atom. The second-order valence-corrected chi connectivity index (χ2v) is 5.97. The van der Waals surface area contributed by atoms with Gasteiger partial charge in [0.25, 0.3) is 0 Å². The Morgan fingerprint density at radius 1 is 1.44 bits per heavy atom. The van der Waals surface area contributed by atoms with E-state index in [0.717, 1.165) is 0 Å². The number of aromatic hydroxyl groups is 1. The lowest BCUT2D eigenvalue weighted by Crippen LogP contribution is -2.24. The molecule has 0 bridgehead atoms. The van der Waals surface area contributed by atoms with Crippen LogP contribution < -0.4 is 4.72 Å². The maximum Gasteiger partial charge on any atom is 0.235 e. The van der Waals surface area contributed by atoms with E-state index in [2.05, 4.69) is 4.72 Å². The van der Waals surface area contributed by atoms with E-state index in [1.165, 1.54) is 6.07 Å². The Bertz CT molecular complexity index is 468. The molecule has 0 aromatic heterocycles. The quantitative estimate of drug-likeness (QED) is 0.852. The highest BCUT2D eigenvalue weighted by Crippen LogP contribution is 2.22. The van der Waals surface area contributed by atoms with Gasteiger partial charge in [-0.2, -0.15) is 0 Å². The standard InChI is InChI=1S/C11H17NO3S/c1-4-9(3)16(14,15)12-10-6-5-8(2)11(13)7-10/h5-7,9,12-13H,4H2,1-3H3/t9-/m1/s1. The zero-order valence-corrected chi connectivity index (χ0v) is 10.5. The van der Waals surface area contributed by atoms with Crippen molar-refractivity contribution >= 4 is 15.7 Å². The van der Waals surface area contributed by atoms with Crippen LogP contribution in [0.3, 0.4) is 0 Å². The van der Waals surface area contributed by atoms with Crippen LogP contribution in [0, 0.1) is 6.92 Å². The highest BCUT2D eigenvalue weighted by Gasteiger charge is 2.18. The Kier molecular flexibility index (Phi) is 3.80. The number of anilines is 1. The van der Waals surface area contributed by atoms with E-state index in [1.807, 2.05) is 6.92 Å². The first-order chi connectivity index (χ1) is 7.36. The smallest absolute Gasteiger partial charge is 0.235 e. The molecule has 0 aliphatic rings. The predicted molar refractivity (Wildman–Crippen MR) is 65.1 cm³/mol. The lowest BCUT2D eigenvalue weighted by atomic mass is 10.2. The number of hydrogen-bond donors (Lipinski definition) is 2. The highest BCUT2D eigenvalue weighted by molar-refractivity contribution is 7.93. The van der Waals surface area contributed by atoms with Crippen LogP contribution in [0.4, 0.5) is 5.69 Å². The summed E-state index contributed by atoms with van der Waals surface area (Å²) in [7, 11) is -3.35. The van der Waals surface area contributed by atoms with Gasteiger partial charge in [-0.15, -0.1) is 0 Å². The van der Waals surface area contributed by atoms with E-state index in [-0.39, 0.29) is 5.75 Å². The molecule has 0 aliphatic carbocycles. The number of phenolic OH excluding ortho intramolecular Hbond substituents is 1. The number of hydrogen-bond acceptors (Lipinski definition) is 3. The minimum absolute atomic E-state index is 0.0874. The van der Waals surface area contributed by atoms with Gasteiger partial charge in [0.15, 0.2) is 0 Å². The van der Waals surface area contributed by atoms with Crippen molar-refractivity contribution in [2.75, 3.05) is 4.72 Å². The summed E-state index contributed by atoms with van der Waals surface area (Å²) in [5.41, 5.74) is 1.11. The van der Waals surface area contributed by atoms with Crippen LogP contribution in [0.25, 0.3) is 0 Å². The van der Waals surface area contributed by atoms with Crippen LogP contribution in [0.1, 0.15) is 25.8 Å². The summed E-state index contributed by atoms with van der Waals surface area (Å²) >= 11 is 0. The summed E-state index contributed by atoms with van der Waals surface area (Å²) in [6.07, 6.45) is 0.549. The molecule has 0 spiro atoms. The summed E-state index contributed by atoms with van der Waals surface area (Å²) in [6.45, 7) is 5.22. The van der Waals surface area contributed by atoms with E-state index >= 15 is 0 Å². The van der Waals surface area contributed by atoms with Crippen molar-refractivity contribution in [1.29, 1.82) is 0 Å². The largest absolute Gasteiger partial charge is 0.508 e. The van der Waals surface area contributed by atoms with Crippen molar-refractivity contribution in [3.05, 3.63) is 23.8 Å². The van der Waals surface area contributed by atoms with Crippen LogP contribution in [-0.4, -0.2) is 18.8 Å². The third kappa shape index (κ3) is 2.88. The molecule has 0 radical (unpaired) electrons. The molecular formula is C11H17NO3S. The molecule has 2 N–H and O–H groups in total. The number of aryl methyl sites for hydroxylation is 1. The van der Waals surface area contributed by atoms with Gasteiger partial charge in [-0.1, -0.05) is 13.0 Å². The molecule has 0 aliphatic heterocycles. The normalized spacial score (nSPS) is 13.4. The van der Waals surface area contributed by atoms with Gasteiger partial charge < -0.3 is 5.11 Å². The summed E-state index contributed by atoms with van der Waals surface area (Å²) < 4.78 is 25.9. The second kappa shape index (κ2) is 4.74. The molecule has 1 aromatic carbocycles. The molecule has 1 rings (SSSR count). The van der Waals surface area contributed by atoms with Crippen molar-refractivity contribution in [2.45, 2.75) is 32.4 Å². The Labute approximate surface area is 96.4 Å². The molecule has 1 aromatic rings. The van der Waals surface area contributed by atoms with E-state index < -0.39 is 15.3 Å². The zero-order valence-electron chi connectivity index (χ0n) is 9.69. The van der Waals surface area contributed by atoms with Gasteiger partial charge >= 0.3 is 0 Å². The first-order valence-corrected chi connectivity index (χ1v) is 6.72. The third-order valence-electron chi connectivity index (χ3n) is 2.57. The van der Waals surface area contributed by atoms with Crippen LogP contribution in [0.2, 0.25) is 0 Å². The van der Waals surface area contributed by atoms with Gasteiger partial charge in [0.1, 0.15) is 5.75 Å². The van der Waals surface area contributed by atoms with Gasteiger partial charge in [-0.25, -0.2) is 8.42 Å². The minimum Gasteiger partial charge on any atom is -0.508 e. The minimum atomic E-state index is -3.35. The van der Waals surface area contributed by atoms with E-state index in [9.17, 15) is 13.5 Å². The maximum atomic E-state index is 11.7. The van der Waals surface area contributed by atoms with Crippen LogP contribution in [0.5, 0.6) is 5.75 Å². The zero-order chi connectivity index (χ0) is 12.3. The molecule has 16 heavy (non-hydrogen) atoms. The van der Waals surface area contributed by atoms with Crippen molar-refractivity contribution in [2.24, 2.45) is 0 Å². The summed E-state index contributed by atoms with van der Waals surface area (Å²) in [5, 5.41) is 9.01. The molecule has 4 nitrogen and oxygen atoms in total. The third-order valence-corrected chi connectivity index (χ3v) is 4.49. The monoisotopic (exact) mass is 243 g/mol. The predicted octanol–water partition coefficient (Wildman–Crippen LogP) is 2.24. The van der Waals surface area contributed by atoms with Crippen molar-refractivity contribution in [3.8, 4) is 5.75 Å². The number of nitrogens with one attached hydrogen (secondary N) is 1. The topological polar surface area (TPSA) is 66.4 Å². The van der Waals surface area contributed by atoms with Crippen LogP contribution in [-0.2, 0) is 10.0 Å². The fourth-order valence-corrected chi connectivity index (χ4v) is 2.25. The molecule has 1 atom stereocenters. The maximum absolute atomic E-state index is 11.7. The van der Waals surface area contributed by atoms with Gasteiger partial charge in [0.05, 0.1) is 10.9 Å². The first-order valence-electron chi connectivity index (χ1n) is 5.18.